The minimum absolute atomic E-state index is 0.0451. The number of hydrogen-bond acceptors (Lipinski definition) is 7. The maximum Gasteiger partial charge on any atom is 0.343 e. The molecule has 0 unspecified atom stereocenters. The summed E-state index contributed by atoms with van der Waals surface area (Å²) in [7, 11) is 0. The van der Waals surface area contributed by atoms with Crippen molar-refractivity contribution in [3.05, 3.63) is 49.4 Å². The largest absolute Gasteiger partial charge is 0.507 e. The molecule has 22 heavy (non-hydrogen) atoms. The van der Waals surface area contributed by atoms with Crippen molar-refractivity contribution in [2.45, 2.75) is 0 Å². The van der Waals surface area contributed by atoms with Crippen LogP contribution in [0.25, 0.3) is 0 Å². The summed E-state index contributed by atoms with van der Waals surface area (Å²) in [6.07, 6.45) is 0. The average Bonchev–Trinajstić information content (AvgIpc) is 2.53. The topological polar surface area (TPSA) is 122 Å². The van der Waals surface area contributed by atoms with Crippen LogP contribution < -0.4 is 0 Å². The zero-order valence-electron chi connectivity index (χ0n) is 10.7. The van der Waals surface area contributed by atoms with Gasteiger partial charge in [-0.05, 0) is 12.1 Å². The second kappa shape index (κ2) is 6.39. The first-order valence-electron chi connectivity index (χ1n) is 5.70. The Bertz CT molecular complexity index is 828. The summed E-state index contributed by atoms with van der Waals surface area (Å²) in [5, 5.41) is 36.9. The number of ketones is 1. The third-order valence-corrected chi connectivity index (χ3v) is 5.01. The average molecular weight is 330 g/mol. The molecule has 0 bridgehead atoms. The van der Waals surface area contributed by atoms with E-state index in [0.717, 1.165) is 0 Å². The zero-order chi connectivity index (χ0) is 16.3. The highest BCUT2D eigenvalue weighted by molar-refractivity contribution is 8.15. The molecule has 0 radical (unpaired) electrons. The highest BCUT2D eigenvalue weighted by atomic mass is 32.2. The first-order chi connectivity index (χ1) is 10.5. The third-order valence-electron chi connectivity index (χ3n) is 2.57. The summed E-state index contributed by atoms with van der Waals surface area (Å²) in [5.41, 5.74) is -0.0675. The number of allylic oxidation sites excluding steroid dienone is 3. The number of benzene rings is 1. The second-order valence-electron chi connectivity index (χ2n) is 3.90. The number of nitrogens with zero attached hydrogens (tertiary/aromatic N) is 2. The molecule has 1 aromatic rings. The van der Waals surface area contributed by atoms with Gasteiger partial charge < -0.3 is 10.2 Å². The molecule has 0 aliphatic carbocycles. The second-order valence-corrected chi connectivity index (χ2v) is 5.94. The third kappa shape index (κ3) is 2.84. The number of nitriles is 2. The molecule has 1 aliphatic heterocycles. The van der Waals surface area contributed by atoms with Gasteiger partial charge in [-0.3, -0.25) is 4.79 Å². The molecule has 0 spiro atoms. The van der Waals surface area contributed by atoms with E-state index in [4.69, 9.17) is 10.5 Å². The minimum Gasteiger partial charge on any atom is -0.507 e. The molecular weight excluding hydrogens is 324 g/mol. The molecule has 0 aromatic heterocycles. The molecule has 2 rings (SSSR count). The number of phenols is 1. The molecule has 108 valence electrons. The number of hydrogen-bond donors (Lipinski definition) is 2. The number of carboxylic acid groups (broad SMARTS) is 1. The number of carbonyl (C=O) groups is 2. The summed E-state index contributed by atoms with van der Waals surface area (Å²) in [4.78, 5) is 23.1. The van der Waals surface area contributed by atoms with Gasteiger partial charge in [0.25, 0.3) is 0 Å². The summed E-state index contributed by atoms with van der Waals surface area (Å²) in [6.45, 7) is 0. The zero-order valence-corrected chi connectivity index (χ0v) is 12.4. The highest BCUT2D eigenvalue weighted by Gasteiger charge is 2.32. The van der Waals surface area contributed by atoms with Crippen LogP contribution in [0.15, 0.2) is 43.9 Å². The molecule has 0 atom stereocenters. The van der Waals surface area contributed by atoms with Crippen molar-refractivity contribution in [2.75, 3.05) is 0 Å². The number of carboxylic acids is 1. The summed E-state index contributed by atoms with van der Waals surface area (Å²) in [6, 6.07) is 9.22. The predicted octanol–water partition coefficient (Wildman–Crippen LogP) is 2.61. The number of phenolic OH excluding ortho intramolecular Hbond substituents is 1. The Kier molecular flexibility index (Phi) is 4.56. The van der Waals surface area contributed by atoms with Crippen LogP contribution >= 0.6 is 23.5 Å². The summed E-state index contributed by atoms with van der Waals surface area (Å²) >= 11 is 1.19. The predicted molar refractivity (Wildman–Crippen MR) is 80.5 cm³/mol. The van der Waals surface area contributed by atoms with Gasteiger partial charge in [0.1, 0.15) is 32.6 Å². The van der Waals surface area contributed by atoms with Crippen LogP contribution in [0, 0.1) is 22.7 Å². The van der Waals surface area contributed by atoms with Crippen LogP contribution in [-0.2, 0) is 4.79 Å². The van der Waals surface area contributed by atoms with Crippen LogP contribution in [0.3, 0.4) is 0 Å². The van der Waals surface area contributed by atoms with Crippen LogP contribution in [0.2, 0.25) is 0 Å². The lowest BCUT2D eigenvalue weighted by Crippen LogP contribution is -2.11. The number of rotatable bonds is 3. The molecule has 0 saturated heterocycles. The van der Waals surface area contributed by atoms with Gasteiger partial charge in [-0.15, -0.1) is 0 Å². The lowest BCUT2D eigenvalue weighted by atomic mass is 10.1. The van der Waals surface area contributed by atoms with Gasteiger partial charge in [-0.2, -0.15) is 10.5 Å². The number of Topliss-reactive ketones (excluding diaryl/α,β-unsaturated/α-hetero) is 1. The van der Waals surface area contributed by atoms with Crippen molar-refractivity contribution in [1.29, 1.82) is 10.5 Å². The van der Waals surface area contributed by atoms with Gasteiger partial charge in [0, 0.05) is 0 Å². The van der Waals surface area contributed by atoms with Crippen molar-refractivity contribution < 1.29 is 19.8 Å². The number of aliphatic carboxylic acids is 1. The SMILES string of the molecule is N#CC1=C(C#N)SC(C(=O)c2ccccc2O)=C(C(=O)O)S1. The van der Waals surface area contributed by atoms with E-state index in [-0.39, 0.29) is 30.9 Å². The summed E-state index contributed by atoms with van der Waals surface area (Å²) in [5.74, 6) is -2.37. The van der Waals surface area contributed by atoms with Gasteiger partial charge >= 0.3 is 5.97 Å². The van der Waals surface area contributed by atoms with E-state index in [2.05, 4.69) is 0 Å². The Labute approximate surface area is 133 Å². The fraction of sp³-hybridized carbons (Fsp3) is 0. The first-order valence-corrected chi connectivity index (χ1v) is 7.33. The Balaban J connectivity index is 2.54. The van der Waals surface area contributed by atoms with Crippen molar-refractivity contribution in [2.24, 2.45) is 0 Å². The van der Waals surface area contributed by atoms with Crippen LogP contribution in [0.4, 0.5) is 0 Å². The van der Waals surface area contributed by atoms with Gasteiger partial charge in [0.2, 0.25) is 5.78 Å². The van der Waals surface area contributed by atoms with E-state index in [1.807, 2.05) is 0 Å². The molecule has 1 heterocycles. The van der Waals surface area contributed by atoms with Crippen LogP contribution in [0.5, 0.6) is 5.75 Å². The van der Waals surface area contributed by atoms with Crippen molar-refractivity contribution in [3.8, 4) is 17.9 Å². The molecule has 1 aromatic carbocycles. The van der Waals surface area contributed by atoms with Crippen molar-refractivity contribution in [3.63, 3.8) is 0 Å². The Morgan fingerprint density at radius 1 is 1.00 bits per heavy atom. The van der Waals surface area contributed by atoms with E-state index in [1.54, 1.807) is 12.1 Å². The Hall–Kier alpha value is -2.68. The van der Waals surface area contributed by atoms with Crippen molar-refractivity contribution in [1.82, 2.24) is 0 Å². The monoisotopic (exact) mass is 330 g/mol. The van der Waals surface area contributed by atoms with E-state index in [0.29, 0.717) is 23.5 Å². The standard InChI is InChI=1S/C14H6N2O4S2/c15-5-9-10(6-16)22-13(14(19)20)12(21-9)11(18)7-3-1-2-4-8(7)17/h1-4,17H,(H,19,20). The Morgan fingerprint density at radius 3 is 2.05 bits per heavy atom. The van der Waals surface area contributed by atoms with E-state index < -0.39 is 11.8 Å². The summed E-state index contributed by atoms with van der Waals surface area (Å²) < 4.78 is 0. The number of para-hydroxylation sites is 1. The van der Waals surface area contributed by atoms with Gasteiger partial charge in [-0.1, -0.05) is 35.7 Å². The smallest absolute Gasteiger partial charge is 0.343 e. The first kappa shape index (κ1) is 15.7. The lowest BCUT2D eigenvalue weighted by molar-refractivity contribution is -0.131. The van der Waals surface area contributed by atoms with Crippen LogP contribution in [-0.4, -0.2) is 22.0 Å². The van der Waals surface area contributed by atoms with Gasteiger partial charge in [-0.25, -0.2) is 4.79 Å². The quantitative estimate of drug-likeness (QED) is 0.811. The molecule has 2 N–H and O–H groups in total. The Morgan fingerprint density at radius 2 is 1.55 bits per heavy atom. The molecule has 0 fully saturated rings. The number of thioether (sulfide) groups is 2. The fourth-order valence-electron chi connectivity index (χ4n) is 1.61. The normalized spacial score (nSPS) is 14.3. The number of carbonyl (C=O) groups excluding carboxylic acids is 1. The van der Waals surface area contributed by atoms with Crippen molar-refractivity contribution >= 4 is 35.3 Å². The van der Waals surface area contributed by atoms with E-state index >= 15 is 0 Å². The van der Waals surface area contributed by atoms with Gasteiger partial charge in [0.05, 0.1) is 10.5 Å². The van der Waals surface area contributed by atoms with E-state index in [9.17, 15) is 19.8 Å². The molecule has 0 saturated carbocycles. The molecular formula is C14H6N2O4S2. The van der Waals surface area contributed by atoms with E-state index in [1.165, 1.54) is 24.3 Å². The molecule has 0 amide bonds. The lowest BCUT2D eigenvalue weighted by Gasteiger charge is -2.15. The van der Waals surface area contributed by atoms with Crippen LogP contribution in [0.1, 0.15) is 10.4 Å². The molecule has 6 nitrogen and oxygen atoms in total. The molecule has 8 heteroatoms. The van der Waals surface area contributed by atoms with Gasteiger partial charge in [0.15, 0.2) is 0 Å². The maximum atomic E-state index is 12.5. The fourth-order valence-corrected chi connectivity index (χ4v) is 3.55. The highest BCUT2D eigenvalue weighted by Crippen LogP contribution is 2.46. The minimum atomic E-state index is -1.37. The molecule has 1 aliphatic rings. The maximum absolute atomic E-state index is 12.5. The number of aromatic hydroxyl groups is 1.